The fraction of sp³-hybridized carbons (Fsp3) is 0.455. The van der Waals surface area contributed by atoms with E-state index in [0.717, 1.165) is 39.8 Å². The Bertz CT molecular complexity index is 1550. The van der Waals surface area contributed by atoms with E-state index in [0.29, 0.717) is 43.7 Å². The van der Waals surface area contributed by atoms with Crippen LogP contribution in [-0.4, -0.2) is 55.3 Å². The number of hydrogen-bond acceptors (Lipinski definition) is 5. The summed E-state index contributed by atoms with van der Waals surface area (Å²) in [6.45, 7) is 5.61. The highest BCUT2D eigenvalue weighted by molar-refractivity contribution is 9.10. The number of amides is 2. The summed E-state index contributed by atoms with van der Waals surface area (Å²) < 4.78 is 9.46. The van der Waals surface area contributed by atoms with Crippen molar-refractivity contribution >= 4 is 33.7 Å². The summed E-state index contributed by atoms with van der Waals surface area (Å²) in [5.41, 5.74) is 3.55. The van der Waals surface area contributed by atoms with E-state index in [-0.39, 0.29) is 31.0 Å². The van der Waals surface area contributed by atoms with Crippen molar-refractivity contribution in [2.45, 2.75) is 71.2 Å². The molecule has 226 valence electrons. The number of rotatable bonds is 8. The van der Waals surface area contributed by atoms with Crippen molar-refractivity contribution in [1.82, 2.24) is 19.4 Å². The molecule has 3 unspecified atom stereocenters. The van der Waals surface area contributed by atoms with Crippen molar-refractivity contribution in [2.75, 3.05) is 13.1 Å². The normalized spacial score (nSPS) is 21.6. The van der Waals surface area contributed by atoms with E-state index < -0.39 is 23.8 Å². The minimum Gasteiger partial charge on any atom is -0.485 e. The number of hydrogen-bond donors (Lipinski definition) is 1. The first-order valence-electron chi connectivity index (χ1n) is 15.1. The molecule has 0 bridgehead atoms. The second-order valence-electron chi connectivity index (χ2n) is 12.0. The molecule has 6 rings (SSSR count). The van der Waals surface area contributed by atoms with Crippen molar-refractivity contribution in [3.05, 3.63) is 81.3 Å². The molecule has 3 atom stereocenters. The van der Waals surface area contributed by atoms with Crippen LogP contribution in [0.15, 0.2) is 53.3 Å². The van der Waals surface area contributed by atoms with E-state index in [1.807, 2.05) is 47.5 Å². The number of ether oxygens (including phenoxy) is 1. The minimum atomic E-state index is -0.912. The number of halogens is 1. The van der Waals surface area contributed by atoms with Gasteiger partial charge in [0.15, 0.2) is 0 Å². The zero-order chi connectivity index (χ0) is 30.2. The summed E-state index contributed by atoms with van der Waals surface area (Å²) in [7, 11) is 0. The van der Waals surface area contributed by atoms with E-state index >= 15 is 0 Å². The summed E-state index contributed by atoms with van der Waals surface area (Å²) in [5, 5.41) is 9.99. The quantitative estimate of drug-likeness (QED) is 0.332. The lowest BCUT2D eigenvalue weighted by Crippen LogP contribution is -2.50. The number of carbonyl (C=O) groups excluding carboxylic acids is 2. The third-order valence-corrected chi connectivity index (χ3v) is 9.95. The Labute approximate surface area is 260 Å². The van der Waals surface area contributed by atoms with Gasteiger partial charge in [0, 0.05) is 53.7 Å². The number of carboxylic acids is 1. The molecule has 0 saturated heterocycles. The van der Waals surface area contributed by atoms with Gasteiger partial charge in [-0.25, -0.2) is 4.98 Å². The molecule has 1 aromatic heterocycles. The molecular weight excluding hydrogens is 612 g/mol. The largest absolute Gasteiger partial charge is 0.485 e. The summed E-state index contributed by atoms with van der Waals surface area (Å²) in [6.07, 6.45) is 6.99. The number of fused-ring (bicyclic) bond motifs is 2. The molecule has 0 spiro atoms. The Morgan fingerprint density at radius 3 is 2.63 bits per heavy atom. The number of imidazole rings is 1. The average molecular weight is 650 g/mol. The predicted molar refractivity (Wildman–Crippen MR) is 164 cm³/mol. The van der Waals surface area contributed by atoms with Crippen LogP contribution in [-0.2, 0) is 29.2 Å². The molecule has 2 aliphatic heterocycles. The standard InChI is InChI=1S/C33H37BrN4O5/c1-20(2)37-16-14-35-29(37)19-43-28-12-11-26(34)25-13-15-38(32(40)23-9-5-6-10-24(23)33(41)42)27(30(25)28)18-36-17-21-7-3-4-8-22(21)31(36)39/h3-4,7-8,11-12,14,16,20,23-24,27H,5-6,9-10,13,15,17-19H2,1-2H3,(H,41,42). The van der Waals surface area contributed by atoms with Crippen LogP contribution in [0, 0.1) is 11.8 Å². The van der Waals surface area contributed by atoms with Crippen LogP contribution >= 0.6 is 15.9 Å². The van der Waals surface area contributed by atoms with E-state index in [1.54, 1.807) is 11.1 Å². The zero-order valence-electron chi connectivity index (χ0n) is 24.5. The highest BCUT2D eigenvalue weighted by Crippen LogP contribution is 2.44. The maximum absolute atomic E-state index is 14.3. The third-order valence-electron chi connectivity index (χ3n) is 9.21. The van der Waals surface area contributed by atoms with Gasteiger partial charge in [-0.05, 0) is 62.4 Å². The van der Waals surface area contributed by atoms with E-state index in [9.17, 15) is 19.5 Å². The minimum absolute atomic E-state index is 0.0624. The molecule has 2 amide bonds. The van der Waals surface area contributed by atoms with Gasteiger partial charge in [0.25, 0.3) is 5.91 Å². The highest BCUT2D eigenvalue weighted by atomic mass is 79.9. The van der Waals surface area contributed by atoms with Gasteiger partial charge in [0.1, 0.15) is 18.2 Å². The van der Waals surface area contributed by atoms with Gasteiger partial charge < -0.3 is 24.2 Å². The number of carboxylic acid groups (broad SMARTS) is 1. The third kappa shape index (κ3) is 5.57. The Morgan fingerprint density at radius 1 is 1.12 bits per heavy atom. The number of benzene rings is 2. The molecular formula is C33H37BrN4O5. The fourth-order valence-electron chi connectivity index (χ4n) is 7.03. The van der Waals surface area contributed by atoms with Crippen LogP contribution in [0.1, 0.15) is 84.5 Å². The average Bonchev–Trinajstić information content (AvgIpc) is 3.61. The van der Waals surface area contributed by atoms with Crippen molar-refractivity contribution in [3.63, 3.8) is 0 Å². The molecule has 1 N–H and O–H groups in total. The van der Waals surface area contributed by atoms with Crippen LogP contribution < -0.4 is 4.74 Å². The van der Waals surface area contributed by atoms with E-state index in [4.69, 9.17) is 4.74 Å². The molecule has 10 heteroatoms. The predicted octanol–water partition coefficient (Wildman–Crippen LogP) is 5.78. The lowest BCUT2D eigenvalue weighted by Gasteiger charge is -2.43. The lowest BCUT2D eigenvalue weighted by molar-refractivity contribution is -0.153. The molecule has 0 radical (unpaired) electrons. The number of aliphatic carboxylic acids is 1. The SMILES string of the molecule is CC(C)n1ccnc1COc1ccc(Br)c2c1C(CN1Cc3ccccc3C1=O)N(C(=O)C1CCCCC1C(=O)O)CC2. The number of aromatic nitrogens is 2. The van der Waals surface area contributed by atoms with Gasteiger partial charge in [-0.1, -0.05) is 47.0 Å². The molecule has 3 aromatic rings. The Hall–Kier alpha value is -3.66. The molecule has 3 heterocycles. The second kappa shape index (κ2) is 12.1. The van der Waals surface area contributed by atoms with Crippen LogP contribution in [0.2, 0.25) is 0 Å². The van der Waals surface area contributed by atoms with Crippen LogP contribution in [0.5, 0.6) is 5.75 Å². The molecule has 43 heavy (non-hydrogen) atoms. The van der Waals surface area contributed by atoms with Crippen molar-refractivity contribution in [2.24, 2.45) is 11.8 Å². The van der Waals surface area contributed by atoms with E-state index in [1.165, 1.54) is 0 Å². The lowest BCUT2D eigenvalue weighted by atomic mass is 9.77. The highest BCUT2D eigenvalue weighted by Gasteiger charge is 2.44. The van der Waals surface area contributed by atoms with Crippen LogP contribution in [0.3, 0.4) is 0 Å². The van der Waals surface area contributed by atoms with Crippen LogP contribution in [0.4, 0.5) is 0 Å². The maximum Gasteiger partial charge on any atom is 0.307 e. The molecule has 9 nitrogen and oxygen atoms in total. The van der Waals surface area contributed by atoms with Crippen LogP contribution in [0.25, 0.3) is 0 Å². The Kier molecular flexibility index (Phi) is 8.31. The number of carbonyl (C=O) groups is 3. The first-order chi connectivity index (χ1) is 20.7. The molecule has 3 aliphatic rings. The summed E-state index contributed by atoms with van der Waals surface area (Å²) >= 11 is 3.74. The first-order valence-corrected chi connectivity index (χ1v) is 15.9. The first kappa shape index (κ1) is 29.4. The molecule has 1 saturated carbocycles. The summed E-state index contributed by atoms with van der Waals surface area (Å²) in [5.74, 6) is -0.971. The second-order valence-corrected chi connectivity index (χ2v) is 12.9. The Morgan fingerprint density at radius 2 is 1.88 bits per heavy atom. The van der Waals surface area contributed by atoms with Crippen molar-refractivity contribution < 1.29 is 24.2 Å². The summed E-state index contributed by atoms with van der Waals surface area (Å²) in [6, 6.07) is 11.2. The zero-order valence-corrected chi connectivity index (χ0v) is 26.1. The van der Waals surface area contributed by atoms with E-state index in [2.05, 4.69) is 39.3 Å². The smallest absolute Gasteiger partial charge is 0.307 e. The Balaban J connectivity index is 1.38. The molecule has 1 aliphatic carbocycles. The van der Waals surface area contributed by atoms with Crippen molar-refractivity contribution in [3.8, 4) is 5.75 Å². The number of nitrogens with zero attached hydrogens (tertiary/aromatic N) is 4. The molecule has 2 aromatic carbocycles. The monoisotopic (exact) mass is 648 g/mol. The van der Waals surface area contributed by atoms with Gasteiger partial charge in [-0.2, -0.15) is 0 Å². The maximum atomic E-state index is 14.3. The van der Waals surface area contributed by atoms with Crippen molar-refractivity contribution in [1.29, 1.82) is 0 Å². The summed E-state index contributed by atoms with van der Waals surface area (Å²) in [4.78, 5) is 48.2. The fourth-order valence-corrected chi connectivity index (χ4v) is 7.58. The van der Waals surface area contributed by atoms with Gasteiger partial charge in [-0.15, -0.1) is 0 Å². The van der Waals surface area contributed by atoms with Gasteiger partial charge in [0.05, 0.1) is 17.9 Å². The topological polar surface area (TPSA) is 105 Å². The molecule has 1 fully saturated rings. The van der Waals surface area contributed by atoms with Gasteiger partial charge >= 0.3 is 5.97 Å². The van der Waals surface area contributed by atoms with Gasteiger partial charge in [-0.3, -0.25) is 14.4 Å². The van der Waals surface area contributed by atoms with Gasteiger partial charge in [0.2, 0.25) is 5.91 Å².